The zero-order chi connectivity index (χ0) is 11.8. The molecular weight excluding hydrogens is 200 g/mol. The van der Waals surface area contributed by atoms with Gasteiger partial charge >= 0.3 is 0 Å². The second-order valence-corrected chi connectivity index (χ2v) is 4.23. The van der Waals surface area contributed by atoms with E-state index in [1.807, 2.05) is 25.3 Å². The van der Waals surface area contributed by atoms with E-state index in [0.29, 0.717) is 6.04 Å². The van der Waals surface area contributed by atoms with Crippen molar-refractivity contribution in [1.82, 2.24) is 5.32 Å². The third kappa shape index (κ3) is 5.61. The molecule has 1 aliphatic heterocycles. The highest BCUT2D eigenvalue weighted by molar-refractivity contribution is 5.18. The van der Waals surface area contributed by atoms with Crippen LogP contribution in [0.25, 0.3) is 0 Å². The molecule has 0 saturated carbocycles. The van der Waals surface area contributed by atoms with Crippen molar-refractivity contribution in [2.75, 3.05) is 13.2 Å². The Balaban J connectivity index is 2.19. The SMILES string of the molecule is C=C(C)/C=C(\N)C/C=C/NC1CCOCC1. The molecule has 90 valence electrons. The van der Waals surface area contributed by atoms with Gasteiger partial charge < -0.3 is 15.8 Å². The second kappa shape index (κ2) is 7.12. The highest BCUT2D eigenvalue weighted by atomic mass is 16.5. The van der Waals surface area contributed by atoms with Crippen LogP contribution >= 0.6 is 0 Å². The first-order valence-corrected chi connectivity index (χ1v) is 5.79. The number of ether oxygens (including phenoxy) is 1. The van der Waals surface area contributed by atoms with Gasteiger partial charge in [-0.1, -0.05) is 18.2 Å². The number of nitrogens with one attached hydrogen (secondary N) is 1. The molecule has 0 aromatic carbocycles. The molecule has 1 rings (SSSR count). The monoisotopic (exact) mass is 222 g/mol. The molecule has 1 heterocycles. The van der Waals surface area contributed by atoms with E-state index in [1.54, 1.807) is 0 Å². The van der Waals surface area contributed by atoms with Crippen molar-refractivity contribution in [3.63, 3.8) is 0 Å². The summed E-state index contributed by atoms with van der Waals surface area (Å²) in [7, 11) is 0. The Morgan fingerprint density at radius 1 is 1.50 bits per heavy atom. The lowest BCUT2D eigenvalue weighted by Crippen LogP contribution is -2.31. The summed E-state index contributed by atoms with van der Waals surface area (Å²) in [4.78, 5) is 0. The topological polar surface area (TPSA) is 47.3 Å². The highest BCUT2D eigenvalue weighted by Crippen LogP contribution is 2.06. The Morgan fingerprint density at radius 3 is 2.81 bits per heavy atom. The maximum absolute atomic E-state index is 5.80. The lowest BCUT2D eigenvalue weighted by atomic mass is 10.1. The summed E-state index contributed by atoms with van der Waals surface area (Å²) in [5, 5.41) is 3.36. The Morgan fingerprint density at radius 2 is 2.19 bits per heavy atom. The molecular formula is C13H22N2O. The fraction of sp³-hybridized carbons (Fsp3) is 0.538. The Labute approximate surface area is 98.0 Å². The van der Waals surface area contributed by atoms with Crippen molar-refractivity contribution in [2.24, 2.45) is 5.73 Å². The molecule has 0 spiro atoms. The first-order valence-electron chi connectivity index (χ1n) is 5.79. The molecule has 0 atom stereocenters. The molecule has 0 bridgehead atoms. The molecule has 0 unspecified atom stereocenters. The fourth-order valence-corrected chi connectivity index (χ4v) is 1.64. The minimum absolute atomic E-state index is 0.552. The van der Waals surface area contributed by atoms with E-state index in [0.717, 1.165) is 43.7 Å². The molecule has 1 fully saturated rings. The van der Waals surface area contributed by atoms with Crippen LogP contribution in [0.4, 0.5) is 0 Å². The van der Waals surface area contributed by atoms with Gasteiger partial charge in [-0.25, -0.2) is 0 Å². The fourth-order valence-electron chi connectivity index (χ4n) is 1.64. The van der Waals surface area contributed by atoms with E-state index in [1.165, 1.54) is 0 Å². The number of nitrogens with two attached hydrogens (primary N) is 1. The normalized spacial score (nSPS) is 18.9. The lowest BCUT2D eigenvalue weighted by molar-refractivity contribution is 0.0812. The van der Waals surface area contributed by atoms with E-state index in [2.05, 4.69) is 11.9 Å². The largest absolute Gasteiger partial charge is 0.402 e. The highest BCUT2D eigenvalue weighted by Gasteiger charge is 2.10. The molecule has 1 aliphatic rings. The van der Waals surface area contributed by atoms with Crippen LogP contribution in [0.3, 0.4) is 0 Å². The number of hydrogen-bond acceptors (Lipinski definition) is 3. The summed E-state index contributed by atoms with van der Waals surface area (Å²) < 4.78 is 5.29. The van der Waals surface area contributed by atoms with Crippen LogP contribution in [0.1, 0.15) is 26.2 Å². The molecule has 0 aromatic heterocycles. The van der Waals surface area contributed by atoms with E-state index in [9.17, 15) is 0 Å². The van der Waals surface area contributed by atoms with Gasteiger partial charge in [0.25, 0.3) is 0 Å². The van der Waals surface area contributed by atoms with Crippen LogP contribution in [0.2, 0.25) is 0 Å². The average Bonchev–Trinajstić information content (AvgIpc) is 2.25. The number of rotatable bonds is 5. The molecule has 0 amide bonds. The second-order valence-electron chi connectivity index (χ2n) is 4.23. The van der Waals surface area contributed by atoms with Crippen molar-refractivity contribution in [1.29, 1.82) is 0 Å². The molecule has 1 saturated heterocycles. The van der Waals surface area contributed by atoms with Gasteiger partial charge in [-0.3, -0.25) is 0 Å². The third-order valence-electron chi connectivity index (χ3n) is 2.46. The van der Waals surface area contributed by atoms with E-state index in [-0.39, 0.29) is 0 Å². The van der Waals surface area contributed by atoms with Crippen LogP contribution in [-0.4, -0.2) is 19.3 Å². The van der Waals surface area contributed by atoms with Gasteiger partial charge in [-0.2, -0.15) is 0 Å². The Hall–Kier alpha value is -1.22. The van der Waals surface area contributed by atoms with Gasteiger partial charge in [0, 0.05) is 31.4 Å². The predicted molar refractivity (Wildman–Crippen MR) is 67.8 cm³/mol. The zero-order valence-electron chi connectivity index (χ0n) is 10.0. The number of hydrogen-bond donors (Lipinski definition) is 2. The van der Waals surface area contributed by atoms with Crippen LogP contribution in [0, 0.1) is 0 Å². The standard InChI is InChI=1S/C13H22N2O/c1-11(2)10-12(14)4-3-7-15-13-5-8-16-9-6-13/h3,7,10,13,15H,1,4-6,8-9,14H2,2H3/b7-3+,12-10-. The summed E-state index contributed by atoms with van der Waals surface area (Å²) in [6.07, 6.45) is 8.88. The van der Waals surface area contributed by atoms with E-state index in [4.69, 9.17) is 10.5 Å². The third-order valence-corrected chi connectivity index (χ3v) is 2.46. The summed E-state index contributed by atoms with van der Waals surface area (Å²) in [5.41, 5.74) is 7.63. The van der Waals surface area contributed by atoms with Gasteiger partial charge in [0.1, 0.15) is 0 Å². The maximum Gasteiger partial charge on any atom is 0.0485 e. The summed E-state index contributed by atoms with van der Waals surface area (Å²) in [6, 6.07) is 0.552. The lowest BCUT2D eigenvalue weighted by Gasteiger charge is -2.22. The first-order chi connectivity index (χ1) is 7.68. The minimum Gasteiger partial charge on any atom is -0.402 e. The van der Waals surface area contributed by atoms with Gasteiger partial charge in [0.15, 0.2) is 0 Å². The summed E-state index contributed by atoms with van der Waals surface area (Å²) in [5.74, 6) is 0. The van der Waals surface area contributed by atoms with Crippen molar-refractivity contribution in [2.45, 2.75) is 32.2 Å². The van der Waals surface area contributed by atoms with Crippen molar-refractivity contribution in [3.8, 4) is 0 Å². The molecule has 3 heteroatoms. The van der Waals surface area contributed by atoms with Crippen molar-refractivity contribution in [3.05, 3.63) is 36.2 Å². The van der Waals surface area contributed by atoms with Crippen LogP contribution in [-0.2, 0) is 4.74 Å². The molecule has 0 radical (unpaired) electrons. The molecule has 0 aromatic rings. The molecule has 3 nitrogen and oxygen atoms in total. The zero-order valence-corrected chi connectivity index (χ0v) is 10.0. The van der Waals surface area contributed by atoms with Gasteiger partial charge in [-0.15, -0.1) is 0 Å². The summed E-state index contributed by atoms with van der Waals surface area (Å²) >= 11 is 0. The van der Waals surface area contributed by atoms with E-state index < -0.39 is 0 Å². The molecule has 16 heavy (non-hydrogen) atoms. The van der Waals surface area contributed by atoms with Crippen LogP contribution in [0.5, 0.6) is 0 Å². The van der Waals surface area contributed by atoms with Gasteiger partial charge in [0.2, 0.25) is 0 Å². The minimum atomic E-state index is 0.552. The Kier molecular flexibility index (Phi) is 5.72. The van der Waals surface area contributed by atoms with Crippen LogP contribution < -0.4 is 11.1 Å². The molecule has 0 aliphatic carbocycles. The predicted octanol–water partition coefficient (Wildman–Crippen LogP) is 2.08. The van der Waals surface area contributed by atoms with Crippen molar-refractivity contribution < 1.29 is 4.74 Å². The van der Waals surface area contributed by atoms with E-state index >= 15 is 0 Å². The first kappa shape index (κ1) is 12.8. The maximum atomic E-state index is 5.80. The smallest absolute Gasteiger partial charge is 0.0485 e. The van der Waals surface area contributed by atoms with Crippen LogP contribution in [0.15, 0.2) is 36.2 Å². The van der Waals surface area contributed by atoms with Gasteiger partial charge in [0.05, 0.1) is 0 Å². The summed E-state index contributed by atoms with van der Waals surface area (Å²) in [6.45, 7) is 7.46. The Bertz CT molecular complexity index is 276. The quantitative estimate of drug-likeness (QED) is 0.700. The van der Waals surface area contributed by atoms with Gasteiger partial charge in [-0.05, 0) is 32.0 Å². The number of allylic oxidation sites excluding steroid dienone is 3. The van der Waals surface area contributed by atoms with Crippen molar-refractivity contribution >= 4 is 0 Å². The average molecular weight is 222 g/mol. The molecule has 3 N–H and O–H groups in total.